The zero-order chi connectivity index (χ0) is 40.9. The van der Waals surface area contributed by atoms with Gasteiger partial charge in [0, 0.05) is 37.1 Å². The second kappa shape index (κ2) is 13.5. The quantitative estimate of drug-likeness (QED) is 0.162. The van der Waals surface area contributed by atoms with Crippen molar-refractivity contribution in [3.05, 3.63) is 97.9 Å². The number of hydrogen-bond donors (Lipinski definition) is 2. The Bertz CT molecular complexity index is 2830. The van der Waals surface area contributed by atoms with E-state index in [0.29, 0.717) is 10.7 Å². The molecule has 0 saturated heterocycles. The fourth-order valence-electron chi connectivity index (χ4n) is 7.56. The van der Waals surface area contributed by atoms with E-state index in [0.717, 1.165) is 23.0 Å². The van der Waals surface area contributed by atoms with Gasteiger partial charge in [0.2, 0.25) is 15.9 Å². The van der Waals surface area contributed by atoms with Crippen LogP contribution < -0.4 is 20.3 Å². The number of sulfonamides is 1. The number of aryl methyl sites for hydroxylation is 1. The molecule has 1 unspecified atom stereocenters. The minimum absolute atomic E-state index is 0.00484. The summed E-state index contributed by atoms with van der Waals surface area (Å²) in [4.78, 5) is 37.5. The van der Waals surface area contributed by atoms with E-state index in [4.69, 9.17) is 16.3 Å². The fraction of sp³-hybridized carbons (Fsp3) is 0.314. The van der Waals surface area contributed by atoms with Gasteiger partial charge in [-0.2, -0.15) is 19.0 Å². The molecule has 14 nitrogen and oxygen atoms in total. The number of alkyl halides is 4. The lowest BCUT2D eigenvalue weighted by atomic mass is 10.0. The Balaban J connectivity index is 1.33. The van der Waals surface area contributed by atoms with Gasteiger partial charge in [0.15, 0.2) is 11.3 Å². The number of fused-ring (bicyclic) bond motifs is 5. The summed E-state index contributed by atoms with van der Waals surface area (Å²) in [6.07, 6.45) is -1.55. The molecule has 4 heterocycles. The van der Waals surface area contributed by atoms with Crippen LogP contribution in [-0.4, -0.2) is 61.8 Å². The maximum Gasteiger partial charge on any atom is 0.293 e. The van der Waals surface area contributed by atoms with Gasteiger partial charge in [0.1, 0.15) is 46.7 Å². The molecule has 0 bridgehead atoms. The molecule has 3 atom stereocenters. The van der Waals surface area contributed by atoms with Gasteiger partial charge >= 0.3 is 0 Å². The van der Waals surface area contributed by atoms with Crippen LogP contribution in [0.1, 0.15) is 53.1 Å². The van der Waals surface area contributed by atoms with Gasteiger partial charge in [0.25, 0.3) is 17.9 Å². The lowest BCUT2D eigenvalue weighted by molar-refractivity contribution is -0.123. The summed E-state index contributed by atoms with van der Waals surface area (Å²) in [5, 5.41) is 10.6. The van der Waals surface area contributed by atoms with Gasteiger partial charge in [-0.15, -0.1) is 0 Å². The predicted octanol–water partition coefficient (Wildman–Crippen LogP) is 5.42. The maximum absolute atomic E-state index is 15.4. The standard InChI is InChI=1S/C35H28ClF6N9O5S/c1-49-29-23(5-4-20(36)26(29)32(47-49)48-57(3,54)55)51-33(45-21-10-17(56-2)12-43-27(21)34(51)53)22(8-14-6-15(37)9-16(38)7-14)44-24(52)13-50-30-25(28(46-50)31(39)40)18-11-19(18)35(30,41)42/h4-7,9-10,12,18-19,22,31H,8,11,13H2,1-3H3,(H,44,52)(H,47,48)/t18?,19-,22-/m0/s1. The predicted molar refractivity (Wildman–Crippen MR) is 192 cm³/mol. The molecular formula is C35H28ClF6N9O5S. The van der Waals surface area contributed by atoms with Crippen LogP contribution in [0, 0.1) is 17.6 Å². The molecule has 57 heavy (non-hydrogen) atoms. The van der Waals surface area contributed by atoms with Crippen molar-refractivity contribution in [3.63, 3.8) is 0 Å². The minimum Gasteiger partial charge on any atom is -0.495 e. The zero-order valence-corrected chi connectivity index (χ0v) is 31.3. The first-order valence-corrected chi connectivity index (χ1v) is 19.2. The van der Waals surface area contributed by atoms with E-state index in [2.05, 4.69) is 30.2 Å². The van der Waals surface area contributed by atoms with Crippen molar-refractivity contribution in [2.45, 2.75) is 43.7 Å². The highest BCUT2D eigenvalue weighted by Crippen LogP contribution is 2.68. The first-order chi connectivity index (χ1) is 26.9. The number of anilines is 1. The number of carbonyl (C=O) groups is 1. The highest BCUT2D eigenvalue weighted by molar-refractivity contribution is 7.92. The van der Waals surface area contributed by atoms with Gasteiger partial charge in [-0.05, 0) is 42.2 Å². The van der Waals surface area contributed by atoms with Crippen LogP contribution in [-0.2, 0) is 40.8 Å². The fourth-order valence-corrected chi connectivity index (χ4v) is 8.29. The Labute approximate surface area is 322 Å². The summed E-state index contributed by atoms with van der Waals surface area (Å²) < 4.78 is 123. The van der Waals surface area contributed by atoms with Crippen LogP contribution in [0.5, 0.6) is 5.75 Å². The van der Waals surface area contributed by atoms with Gasteiger partial charge in [-0.25, -0.2) is 35.9 Å². The van der Waals surface area contributed by atoms with Crippen molar-refractivity contribution in [2.24, 2.45) is 13.0 Å². The number of amides is 1. The molecule has 2 aliphatic carbocycles. The Morgan fingerprint density at radius 2 is 1.84 bits per heavy atom. The van der Waals surface area contributed by atoms with E-state index >= 15 is 8.78 Å². The Kier molecular flexibility index (Phi) is 9.02. The molecule has 2 N–H and O–H groups in total. The van der Waals surface area contributed by atoms with Gasteiger partial charge in [0.05, 0.1) is 47.2 Å². The third-order valence-corrected chi connectivity index (χ3v) is 10.7. The van der Waals surface area contributed by atoms with Crippen molar-refractivity contribution in [1.29, 1.82) is 0 Å². The van der Waals surface area contributed by atoms with Crippen molar-refractivity contribution < 1.29 is 44.3 Å². The van der Waals surface area contributed by atoms with Crippen LogP contribution in [0.2, 0.25) is 5.02 Å². The number of halogens is 7. The summed E-state index contributed by atoms with van der Waals surface area (Å²) in [6.45, 7) is -0.987. The van der Waals surface area contributed by atoms with E-state index in [-0.39, 0.29) is 67.6 Å². The monoisotopic (exact) mass is 835 g/mol. The molecule has 2 aliphatic rings. The topological polar surface area (TPSA) is 168 Å². The molecule has 298 valence electrons. The average Bonchev–Trinajstić information content (AvgIpc) is 3.66. The number of methoxy groups -OCH3 is 1. The SMILES string of the molecule is COc1cnc2c(=O)n(-c3ccc(Cl)c4c(NS(C)(=O)=O)nn(C)c34)c([C@H](Cc3cc(F)cc(F)c3)NC(=O)Cn3nc(C(F)F)c4c3C(F)(F)[C@H]3CC43)nc2c1. The number of carbonyl (C=O) groups excluding carboxylic acids is 1. The summed E-state index contributed by atoms with van der Waals surface area (Å²) >= 11 is 6.56. The number of hydrogen-bond acceptors (Lipinski definition) is 9. The normalized spacial score (nSPS) is 17.5. The molecule has 0 spiro atoms. The van der Waals surface area contributed by atoms with E-state index < -0.39 is 87.7 Å². The van der Waals surface area contributed by atoms with Crippen LogP contribution in [0.3, 0.4) is 0 Å². The number of rotatable bonds is 11. The highest BCUT2D eigenvalue weighted by Gasteiger charge is 2.67. The van der Waals surface area contributed by atoms with Gasteiger partial charge in [-0.1, -0.05) is 11.6 Å². The van der Waals surface area contributed by atoms with Crippen molar-refractivity contribution in [2.75, 3.05) is 18.1 Å². The van der Waals surface area contributed by atoms with Gasteiger partial charge in [-0.3, -0.25) is 28.2 Å². The van der Waals surface area contributed by atoms with Crippen LogP contribution >= 0.6 is 11.6 Å². The van der Waals surface area contributed by atoms with E-state index in [1.807, 2.05) is 0 Å². The van der Waals surface area contributed by atoms with Crippen LogP contribution in [0.25, 0.3) is 27.6 Å². The average molecular weight is 836 g/mol. The molecule has 0 aliphatic heterocycles. The highest BCUT2D eigenvalue weighted by atomic mass is 35.5. The van der Waals surface area contributed by atoms with Crippen molar-refractivity contribution in [1.82, 2.24) is 39.4 Å². The molecule has 1 saturated carbocycles. The number of benzene rings is 2. The zero-order valence-electron chi connectivity index (χ0n) is 29.7. The molecule has 0 radical (unpaired) electrons. The third kappa shape index (κ3) is 6.60. The van der Waals surface area contributed by atoms with Crippen molar-refractivity contribution in [3.8, 4) is 11.4 Å². The molecular weight excluding hydrogens is 808 g/mol. The number of nitrogens with one attached hydrogen (secondary N) is 2. The summed E-state index contributed by atoms with van der Waals surface area (Å²) in [5.41, 5.74) is -3.05. The largest absolute Gasteiger partial charge is 0.495 e. The number of pyridine rings is 1. The maximum atomic E-state index is 15.4. The van der Waals surface area contributed by atoms with E-state index in [1.54, 1.807) is 0 Å². The van der Waals surface area contributed by atoms with Crippen LogP contribution in [0.4, 0.5) is 32.2 Å². The first-order valence-electron chi connectivity index (χ1n) is 17.0. The molecule has 8 rings (SSSR count). The lowest BCUT2D eigenvalue weighted by Crippen LogP contribution is -2.38. The molecule has 6 aromatic rings. The molecule has 22 heteroatoms. The first kappa shape index (κ1) is 38.2. The van der Waals surface area contributed by atoms with Gasteiger partial charge < -0.3 is 10.1 Å². The Morgan fingerprint density at radius 3 is 2.51 bits per heavy atom. The third-order valence-electron chi connectivity index (χ3n) is 9.86. The smallest absolute Gasteiger partial charge is 0.293 e. The van der Waals surface area contributed by atoms with Crippen LogP contribution in [0.15, 0.2) is 47.4 Å². The summed E-state index contributed by atoms with van der Waals surface area (Å²) in [7, 11) is -1.14. The number of ether oxygens (including phenoxy) is 1. The van der Waals surface area contributed by atoms with E-state index in [9.17, 15) is 35.6 Å². The summed E-state index contributed by atoms with van der Waals surface area (Å²) in [6, 6.07) is 5.09. The Morgan fingerprint density at radius 1 is 1.12 bits per heavy atom. The van der Waals surface area contributed by atoms with E-state index in [1.165, 1.54) is 43.2 Å². The second-order valence-corrected chi connectivity index (χ2v) is 15.9. The van der Waals surface area contributed by atoms with Crippen molar-refractivity contribution >= 4 is 55.3 Å². The number of nitrogens with zero attached hydrogens (tertiary/aromatic N) is 7. The molecule has 1 fully saturated rings. The molecule has 2 aromatic carbocycles. The molecule has 4 aromatic heterocycles. The number of aromatic nitrogens is 7. The molecule has 1 amide bonds. The summed E-state index contributed by atoms with van der Waals surface area (Å²) in [5.74, 6) is -8.93. The Hall–Kier alpha value is -5.70. The minimum atomic E-state index is -3.90. The lowest BCUT2D eigenvalue weighted by Gasteiger charge is -2.24. The second-order valence-electron chi connectivity index (χ2n) is 13.8.